The van der Waals surface area contributed by atoms with Gasteiger partial charge in [0.15, 0.2) is 0 Å². The first-order chi connectivity index (χ1) is 9.59. The summed E-state index contributed by atoms with van der Waals surface area (Å²) in [6, 6.07) is 16.4. The van der Waals surface area contributed by atoms with E-state index in [1.165, 1.54) is 14.7 Å². The van der Waals surface area contributed by atoms with Crippen molar-refractivity contribution in [1.82, 2.24) is 5.32 Å². The molecule has 2 atom stereocenters. The SMILES string of the molecule is CC(O)(c1ccc(I)cc1)C1NCCc2ccccc21. The van der Waals surface area contributed by atoms with Crippen molar-refractivity contribution < 1.29 is 5.11 Å². The van der Waals surface area contributed by atoms with Crippen LogP contribution in [0.25, 0.3) is 0 Å². The fourth-order valence-corrected chi connectivity index (χ4v) is 3.32. The normalized spacial score (nSPS) is 21.1. The highest BCUT2D eigenvalue weighted by Gasteiger charge is 2.37. The Labute approximate surface area is 133 Å². The van der Waals surface area contributed by atoms with E-state index in [0.717, 1.165) is 18.5 Å². The monoisotopic (exact) mass is 379 g/mol. The summed E-state index contributed by atoms with van der Waals surface area (Å²) in [5, 5.41) is 14.6. The van der Waals surface area contributed by atoms with Gasteiger partial charge in [0.05, 0.1) is 6.04 Å². The quantitative estimate of drug-likeness (QED) is 0.785. The van der Waals surface area contributed by atoms with Crippen molar-refractivity contribution in [3.8, 4) is 0 Å². The number of halogens is 1. The summed E-state index contributed by atoms with van der Waals surface area (Å²) in [5.41, 5.74) is 2.58. The molecule has 20 heavy (non-hydrogen) atoms. The van der Waals surface area contributed by atoms with Crippen LogP contribution in [0.3, 0.4) is 0 Å². The lowest BCUT2D eigenvalue weighted by Gasteiger charge is -2.38. The lowest BCUT2D eigenvalue weighted by atomic mass is 9.80. The summed E-state index contributed by atoms with van der Waals surface area (Å²) in [7, 11) is 0. The second kappa shape index (κ2) is 5.47. The van der Waals surface area contributed by atoms with Crippen LogP contribution < -0.4 is 5.32 Å². The average molecular weight is 379 g/mol. The van der Waals surface area contributed by atoms with Gasteiger partial charge in [-0.15, -0.1) is 0 Å². The molecular weight excluding hydrogens is 361 g/mol. The predicted octanol–water partition coefficient (Wildman–Crippen LogP) is 3.39. The molecule has 0 spiro atoms. The van der Waals surface area contributed by atoms with Gasteiger partial charge in [-0.05, 0) is 71.3 Å². The van der Waals surface area contributed by atoms with E-state index in [4.69, 9.17) is 0 Å². The standard InChI is InChI=1S/C17H18INO/c1-17(20,13-6-8-14(18)9-7-13)16-15-5-3-2-4-12(15)10-11-19-16/h2-9,16,19-20H,10-11H2,1H3. The third kappa shape index (κ3) is 2.50. The van der Waals surface area contributed by atoms with Gasteiger partial charge in [-0.25, -0.2) is 0 Å². The van der Waals surface area contributed by atoms with Gasteiger partial charge in [0.1, 0.15) is 5.60 Å². The van der Waals surface area contributed by atoms with Crippen LogP contribution in [0, 0.1) is 3.57 Å². The van der Waals surface area contributed by atoms with Crippen LogP contribution in [0.4, 0.5) is 0 Å². The zero-order valence-electron chi connectivity index (χ0n) is 11.4. The summed E-state index contributed by atoms with van der Waals surface area (Å²) in [5.74, 6) is 0. The number of benzene rings is 2. The number of hydrogen-bond donors (Lipinski definition) is 2. The van der Waals surface area contributed by atoms with Gasteiger partial charge in [-0.1, -0.05) is 36.4 Å². The molecule has 3 rings (SSSR count). The van der Waals surface area contributed by atoms with Crippen molar-refractivity contribution in [2.24, 2.45) is 0 Å². The lowest BCUT2D eigenvalue weighted by Crippen LogP contribution is -2.43. The van der Waals surface area contributed by atoms with Crippen LogP contribution in [0.15, 0.2) is 48.5 Å². The Bertz CT molecular complexity index is 607. The fraction of sp³-hybridized carbons (Fsp3) is 0.294. The average Bonchev–Trinajstić information content (AvgIpc) is 2.47. The first-order valence-electron chi connectivity index (χ1n) is 6.88. The number of rotatable bonds is 2. The third-order valence-electron chi connectivity index (χ3n) is 4.10. The van der Waals surface area contributed by atoms with Crippen molar-refractivity contribution in [1.29, 1.82) is 0 Å². The van der Waals surface area contributed by atoms with E-state index in [2.05, 4.69) is 46.1 Å². The maximum Gasteiger partial charge on any atom is 0.106 e. The highest BCUT2D eigenvalue weighted by Crippen LogP contribution is 2.38. The van der Waals surface area contributed by atoms with E-state index in [9.17, 15) is 5.11 Å². The molecule has 0 aliphatic carbocycles. The maximum absolute atomic E-state index is 11.1. The van der Waals surface area contributed by atoms with Crippen molar-refractivity contribution in [3.63, 3.8) is 0 Å². The molecule has 1 aliphatic rings. The van der Waals surface area contributed by atoms with Crippen LogP contribution in [0.2, 0.25) is 0 Å². The molecule has 1 aliphatic heterocycles. The third-order valence-corrected chi connectivity index (χ3v) is 4.82. The van der Waals surface area contributed by atoms with Crippen molar-refractivity contribution >= 4 is 22.6 Å². The molecular formula is C17H18INO. The molecule has 2 unspecified atom stereocenters. The Morgan fingerprint density at radius 2 is 1.85 bits per heavy atom. The summed E-state index contributed by atoms with van der Waals surface area (Å²) in [6.07, 6.45) is 1.02. The lowest BCUT2D eigenvalue weighted by molar-refractivity contribution is 0.0118. The van der Waals surface area contributed by atoms with Gasteiger partial charge < -0.3 is 10.4 Å². The molecule has 0 saturated heterocycles. The van der Waals surface area contributed by atoms with E-state index in [-0.39, 0.29) is 6.04 Å². The number of fused-ring (bicyclic) bond motifs is 1. The molecule has 2 aromatic carbocycles. The highest BCUT2D eigenvalue weighted by atomic mass is 127. The predicted molar refractivity (Wildman–Crippen MR) is 89.6 cm³/mol. The number of nitrogens with one attached hydrogen (secondary N) is 1. The van der Waals surface area contributed by atoms with Gasteiger partial charge in [-0.2, -0.15) is 0 Å². The molecule has 0 radical (unpaired) electrons. The topological polar surface area (TPSA) is 32.3 Å². The Morgan fingerprint density at radius 1 is 1.15 bits per heavy atom. The summed E-state index contributed by atoms with van der Waals surface area (Å²) in [6.45, 7) is 2.80. The molecule has 2 nitrogen and oxygen atoms in total. The molecule has 0 bridgehead atoms. The van der Waals surface area contributed by atoms with Crippen molar-refractivity contribution in [3.05, 3.63) is 68.8 Å². The van der Waals surface area contributed by atoms with Gasteiger partial charge in [0.2, 0.25) is 0 Å². The Hall–Kier alpha value is -0.910. The van der Waals surface area contributed by atoms with Crippen LogP contribution in [0.1, 0.15) is 29.7 Å². The molecule has 0 amide bonds. The first-order valence-corrected chi connectivity index (χ1v) is 7.96. The molecule has 0 saturated carbocycles. The van der Waals surface area contributed by atoms with E-state index < -0.39 is 5.60 Å². The summed E-state index contributed by atoms with van der Waals surface area (Å²) in [4.78, 5) is 0. The second-order valence-electron chi connectivity index (χ2n) is 5.49. The smallest absolute Gasteiger partial charge is 0.106 e. The van der Waals surface area contributed by atoms with Crippen LogP contribution >= 0.6 is 22.6 Å². The van der Waals surface area contributed by atoms with Gasteiger partial charge in [0, 0.05) is 3.57 Å². The van der Waals surface area contributed by atoms with Crippen molar-refractivity contribution in [2.75, 3.05) is 6.54 Å². The van der Waals surface area contributed by atoms with E-state index in [1.807, 2.05) is 37.3 Å². The van der Waals surface area contributed by atoms with Gasteiger partial charge in [-0.3, -0.25) is 0 Å². The number of hydrogen-bond acceptors (Lipinski definition) is 2. The Balaban J connectivity index is 2.02. The van der Waals surface area contributed by atoms with E-state index in [0.29, 0.717) is 0 Å². The minimum Gasteiger partial charge on any atom is -0.383 e. The molecule has 0 aromatic heterocycles. The largest absolute Gasteiger partial charge is 0.383 e. The van der Waals surface area contributed by atoms with Crippen LogP contribution in [0.5, 0.6) is 0 Å². The van der Waals surface area contributed by atoms with E-state index in [1.54, 1.807) is 0 Å². The molecule has 0 fully saturated rings. The van der Waals surface area contributed by atoms with Crippen LogP contribution in [-0.4, -0.2) is 11.7 Å². The first kappa shape index (κ1) is 14.0. The zero-order valence-corrected chi connectivity index (χ0v) is 13.6. The maximum atomic E-state index is 11.1. The van der Waals surface area contributed by atoms with Crippen LogP contribution in [-0.2, 0) is 12.0 Å². The Morgan fingerprint density at radius 3 is 2.60 bits per heavy atom. The molecule has 2 N–H and O–H groups in total. The summed E-state index contributed by atoms with van der Waals surface area (Å²) >= 11 is 2.28. The summed E-state index contributed by atoms with van der Waals surface area (Å²) < 4.78 is 1.18. The zero-order chi connectivity index (χ0) is 14.2. The van der Waals surface area contributed by atoms with Gasteiger partial charge in [0.25, 0.3) is 0 Å². The molecule has 1 heterocycles. The Kier molecular flexibility index (Phi) is 3.84. The minimum atomic E-state index is -0.916. The second-order valence-corrected chi connectivity index (χ2v) is 6.74. The van der Waals surface area contributed by atoms with E-state index >= 15 is 0 Å². The highest BCUT2D eigenvalue weighted by molar-refractivity contribution is 14.1. The minimum absolute atomic E-state index is 0.0625. The molecule has 104 valence electrons. The van der Waals surface area contributed by atoms with Crippen molar-refractivity contribution in [2.45, 2.75) is 25.0 Å². The number of aliphatic hydroxyl groups is 1. The fourth-order valence-electron chi connectivity index (χ4n) is 2.96. The molecule has 3 heteroatoms. The molecule has 2 aromatic rings. The van der Waals surface area contributed by atoms with Gasteiger partial charge >= 0.3 is 0 Å².